The molecule has 0 unspecified atom stereocenters. The van der Waals surface area contributed by atoms with E-state index in [0.717, 1.165) is 37.6 Å². The third-order valence-corrected chi connectivity index (χ3v) is 3.12. The van der Waals surface area contributed by atoms with E-state index in [1.54, 1.807) is 0 Å². The van der Waals surface area contributed by atoms with E-state index in [0.29, 0.717) is 6.61 Å². The van der Waals surface area contributed by atoms with Gasteiger partial charge in [0.2, 0.25) is 0 Å². The molecule has 0 aliphatic heterocycles. The summed E-state index contributed by atoms with van der Waals surface area (Å²) < 4.78 is 5.63. The lowest BCUT2D eigenvalue weighted by atomic mass is 10.1. The Morgan fingerprint density at radius 2 is 2.06 bits per heavy atom. The molecule has 1 aliphatic carbocycles. The Kier molecular flexibility index (Phi) is 5.43. The average molecular weight is 245 g/mol. The van der Waals surface area contributed by atoms with Crippen LogP contribution in [0.4, 0.5) is 0 Å². The van der Waals surface area contributed by atoms with Crippen molar-refractivity contribution in [2.45, 2.75) is 31.7 Å². The van der Waals surface area contributed by atoms with Gasteiger partial charge >= 0.3 is 0 Å². The van der Waals surface area contributed by atoms with E-state index < -0.39 is 0 Å². The second-order valence-corrected chi connectivity index (χ2v) is 5.05. The quantitative estimate of drug-likeness (QED) is 0.533. The zero-order valence-corrected chi connectivity index (χ0v) is 11.0. The topological polar surface area (TPSA) is 21.3 Å². The van der Waals surface area contributed by atoms with Gasteiger partial charge in [0, 0.05) is 19.2 Å². The van der Waals surface area contributed by atoms with Crippen molar-refractivity contribution in [3.05, 3.63) is 48.0 Å². The van der Waals surface area contributed by atoms with Crippen LogP contribution in [0.5, 0.6) is 0 Å². The van der Waals surface area contributed by atoms with E-state index in [1.807, 2.05) is 0 Å². The summed E-state index contributed by atoms with van der Waals surface area (Å²) >= 11 is 0. The molecule has 98 valence electrons. The molecular formula is C16H23NO. The van der Waals surface area contributed by atoms with Crippen LogP contribution in [0.2, 0.25) is 0 Å². The summed E-state index contributed by atoms with van der Waals surface area (Å²) in [5, 5.41) is 3.44. The highest BCUT2D eigenvalue weighted by Gasteiger charge is 2.19. The van der Waals surface area contributed by atoms with Crippen LogP contribution in [-0.4, -0.2) is 25.8 Å². The molecule has 0 bridgehead atoms. The van der Waals surface area contributed by atoms with Gasteiger partial charge in [-0.15, -0.1) is 0 Å². The molecule has 0 heterocycles. The molecule has 0 aromatic heterocycles. The molecular weight excluding hydrogens is 222 g/mol. The molecule has 2 heteroatoms. The summed E-state index contributed by atoms with van der Waals surface area (Å²) in [5.74, 6) is 0. The maximum absolute atomic E-state index is 5.63. The first-order chi connectivity index (χ1) is 8.84. The molecule has 1 aliphatic rings. The van der Waals surface area contributed by atoms with Gasteiger partial charge < -0.3 is 10.1 Å². The standard InChI is InChI=1S/C16H23NO/c1-14(12-17-16-9-10-16)13-18-11-5-8-15-6-3-2-4-7-15/h2-4,6-7,16-17H,1,5,8-13H2. The first kappa shape index (κ1) is 13.3. The van der Waals surface area contributed by atoms with Gasteiger partial charge in [-0.25, -0.2) is 0 Å². The van der Waals surface area contributed by atoms with Gasteiger partial charge in [-0.1, -0.05) is 36.9 Å². The summed E-state index contributed by atoms with van der Waals surface area (Å²) in [6.45, 7) is 6.43. The highest BCUT2D eigenvalue weighted by molar-refractivity contribution is 5.14. The van der Waals surface area contributed by atoms with Crippen LogP contribution in [0.15, 0.2) is 42.5 Å². The third kappa shape index (κ3) is 5.48. The third-order valence-electron chi connectivity index (χ3n) is 3.12. The second-order valence-electron chi connectivity index (χ2n) is 5.05. The molecule has 0 spiro atoms. The summed E-state index contributed by atoms with van der Waals surface area (Å²) in [7, 11) is 0. The van der Waals surface area contributed by atoms with Crippen molar-refractivity contribution in [2.24, 2.45) is 0 Å². The molecule has 1 fully saturated rings. The number of rotatable bonds is 9. The summed E-state index contributed by atoms with van der Waals surface area (Å²) in [6.07, 6.45) is 4.82. The molecule has 1 aromatic carbocycles. The second kappa shape index (κ2) is 7.34. The molecule has 0 radical (unpaired) electrons. The van der Waals surface area contributed by atoms with Crippen molar-refractivity contribution in [3.63, 3.8) is 0 Å². The zero-order valence-electron chi connectivity index (χ0n) is 11.0. The minimum absolute atomic E-state index is 0.689. The van der Waals surface area contributed by atoms with Gasteiger partial charge in [-0.05, 0) is 36.8 Å². The van der Waals surface area contributed by atoms with Crippen LogP contribution < -0.4 is 5.32 Å². The van der Waals surface area contributed by atoms with Crippen molar-refractivity contribution in [1.29, 1.82) is 0 Å². The minimum Gasteiger partial charge on any atom is -0.377 e. The molecule has 1 N–H and O–H groups in total. The van der Waals surface area contributed by atoms with Gasteiger partial charge in [-0.3, -0.25) is 0 Å². The molecule has 0 saturated heterocycles. The SMILES string of the molecule is C=C(CNC1CC1)COCCCc1ccccc1. The number of nitrogens with one attached hydrogen (secondary N) is 1. The highest BCUT2D eigenvalue weighted by atomic mass is 16.5. The number of aryl methyl sites for hydroxylation is 1. The lowest BCUT2D eigenvalue weighted by Crippen LogP contribution is -2.20. The van der Waals surface area contributed by atoms with Crippen LogP contribution in [0, 0.1) is 0 Å². The molecule has 0 atom stereocenters. The molecule has 1 aromatic rings. The fourth-order valence-corrected chi connectivity index (χ4v) is 1.87. The Balaban J connectivity index is 1.46. The Bertz CT molecular complexity index is 357. The van der Waals surface area contributed by atoms with E-state index in [2.05, 4.69) is 42.2 Å². The molecule has 2 nitrogen and oxygen atoms in total. The Hall–Kier alpha value is -1.12. The highest BCUT2D eigenvalue weighted by Crippen LogP contribution is 2.18. The average Bonchev–Trinajstić information content (AvgIpc) is 3.21. The minimum atomic E-state index is 0.689. The van der Waals surface area contributed by atoms with Crippen molar-refractivity contribution in [1.82, 2.24) is 5.32 Å². The van der Waals surface area contributed by atoms with Gasteiger partial charge in [0.15, 0.2) is 0 Å². The summed E-state index contributed by atoms with van der Waals surface area (Å²) in [4.78, 5) is 0. The predicted octanol–water partition coefficient (Wildman–Crippen LogP) is 2.94. The van der Waals surface area contributed by atoms with Crippen LogP contribution in [-0.2, 0) is 11.2 Å². The zero-order chi connectivity index (χ0) is 12.6. The van der Waals surface area contributed by atoms with Crippen LogP contribution >= 0.6 is 0 Å². The van der Waals surface area contributed by atoms with Crippen molar-refractivity contribution >= 4 is 0 Å². The monoisotopic (exact) mass is 245 g/mol. The van der Waals surface area contributed by atoms with Crippen molar-refractivity contribution in [2.75, 3.05) is 19.8 Å². The Morgan fingerprint density at radius 1 is 1.28 bits per heavy atom. The number of benzene rings is 1. The van der Waals surface area contributed by atoms with E-state index >= 15 is 0 Å². The number of hydrogen-bond acceptors (Lipinski definition) is 2. The Morgan fingerprint density at radius 3 is 2.78 bits per heavy atom. The molecule has 18 heavy (non-hydrogen) atoms. The first-order valence-electron chi connectivity index (χ1n) is 6.86. The fourth-order valence-electron chi connectivity index (χ4n) is 1.87. The molecule has 1 saturated carbocycles. The van der Waals surface area contributed by atoms with E-state index in [1.165, 1.54) is 18.4 Å². The van der Waals surface area contributed by atoms with E-state index in [-0.39, 0.29) is 0 Å². The normalized spacial score (nSPS) is 14.7. The maximum Gasteiger partial charge on any atom is 0.0686 e. The van der Waals surface area contributed by atoms with Crippen LogP contribution in [0.1, 0.15) is 24.8 Å². The molecule has 2 rings (SSSR count). The van der Waals surface area contributed by atoms with E-state index in [4.69, 9.17) is 4.74 Å². The number of hydrogen-bond donors (Lipinski definition) is 1. The fraction of sp³-hybridized carbons (Fsp3) is 0.500. The molecule has 0 amide bonds. The maximum atomic E-state index is 5.63. The first-order valence-corrected chi connectivity index (χ1v) is 6.86. The van der Waals surface area contributed by atoms with Crippen LogP contribution in [0.3, 0.4) is 0 Å². The van der Waals surface area contributed by atoms with Gasteiger partial charge in [0.05, 0.1) is 6.61 Å². The van der Waals surface area contributed by atoms with Gasteiger partial charge in [-0.2, -0.15) is 0 Å². The smallest absolute Gasteiger partial charge is 0.0686 e. The lowest BCUT2D eigenvalue weighted by molar-refractivity contribution is 0.152. The predicted molar refractivity (Wildman–Crippen MR) is 75.7 cm³/mol. The summed E-state index contributed by atoms with van der Waals surface area (Å²) in [5.41, 5.74) is 2.54. The van der Waals surface area contributed by atoms with Crippen molar-refractivity contribution in [3.8, 4) is 0 Å². The van der Waals surface area contributed by atoms with E-state index in [9.17, 15) is 0 Å². The van der Waals surface area contributed by atoms with Gasteiger partial charge in [0.1, 0.15) is 0 Å². The van der Waals surface area contributed by atoms with Crippen molar-refractivity contribution < 1.29 is 4.74 Å². The van der Waals surface area contributed by atoms with Gasteiger partial charge in [0.25, 0.3) is 0 Å². The largest absolute Gasteiger partial charge is 0.377 e. The lowest BCUT2D eigenvalue weighted by Gasteiger charge is -2.08. The Labute approximate surface area is 110 Å². The summed E-state index contributed by atoms with van der Waals surface area (Å²) in [6, 6.07) is 11.3. The van der Waals surface area contributed by atoms with Crippen LogP contribution in [0.25, 0.3) is 0 Å². The number of ether oxygens (including phenoxy) is 1.